The Balaban J connectivity index is 2.38. The van der Waals surface area contributed by atoms with Crippen molar-refractivity contribution in [2.75, 3.05) is 7.05 Å². The lowest BCUT2D eigenvalue weighted by Crippen LogP contribution is -2.52. The molecule has 0 unspecified atom stereocenters. The third-order valence-electron chi connectivity index (χ3n) is 2.18. The molecule has 3 N–H and O–H groups in total. The molecule has 0 radical (unpaired) electrons. The Morgan fingerprint density at radius 3 is 2.50 bits per heavy atom. The number of hydrogen-bond donors (Lipinski definition) is 2. The Hall–Kier alpha value is -0.710. The Kier molecular flexibility index (Phi) is 2.32. The quantitative estimate of drug-likeness (QED) is 0.630. The molecule has 12 heavy (non-hydrogen) atoms. The summed E-state index contributed by atoms with van der Waals surface area (Å²) < 4.78 is 24.7. The summed E-state index contributed by atoms with van der Waals surface area (Å²) in [7, 11) is 1.44. The highest BCUT2D eigenvalue weighted by Crippen LogP contribution is 2.43. The molecule has 0 bridgehead atoms. The molecule has 0 aliphatic heterocycles. The van der Waals surface area contributed by atoms with Gasteiger partial charge in [-0.15, -0.1) is 0 Å². The summed E-state index contributed by atoms with van der Waals surface area (Å²) in [5.41, 5.74) is 5.41. The van der Waals surface area contributed by atoms with Crippen molar-refractivity contribution in [2.24, 2.45) is 11.7 Å². The summed E-state index contributed by atoms with van der Waals surface area (Å²) >= 11 is 0. The smallest absolute Gasteiger partial charge is 0.248 e. The maximum Gasteiger partial charge on any atom is 0.248 e. The van der Waals surface area contributed by atoms with E-state index >= 15 is 0 Å². The van der Waals surface area contributed by atoms with E-state index in [0.717, 1.165) is 0 Å². The van der Waals surface area contributed by atoms with Crippen molar-refractivity contribution in [1.82, 2.24) is 5.32 Å². The summed E-state index contributed by atoms with van der Waals surface area (Å²) in [4.78, 5) is 10.9. The summed E-state index contributed by atoms with van der Waals surface area (Å²) in [6, 6.07) is -0.783. The second-order valence-electron chi connectivity index (χ2n) is 3.16. The van der Waals surface area contributed by atoms with E-state index in [-0.39, 0.29) is 24.7 Å². The number of nitrogens with two attached hydrogens (primary N) is 1. The number of alkyl halides is 2. The first-order valence-corrected chi connectivity index (χ1v) is 3.81. The molecule has 1 amide bonds. The van der Waals surface area contributed by atoms with Gasteiger partial charge in [-0.1, -0.05) is 0 Å². The average molecular weight is 178 g/mol. The molecule has 5 heteroatoms. The van der Waals surface area contributed by atoms with E-state index in [9.17, 15) is 13.6 Å². The lowest BCUT2D eigenvalue weighted by atomic mass is 9.76. The summed E-state index contributed by atoms with van der Waals surface area (Å²) in [6.45, 7) is 0. The molecule has 1 atom stereocenters. The van der Waals surface area contributed by atoms with Gasteiger partial charge in [0.25, 0.3) is 0 Å². The highest BCUT2D eigenvalue weighted by atomic mass is 19.3. The zero-order valence-corrected chi connectivity index (χ0v) is 6.81. The van der Waals surface area contributed by atoms with Gasteiger partial charge >= 0.3 is 0 Å². The van der Waals surface area contributed by atoms with Crippen molar-refractivity contribution in [1.29, 1.82) is 0 Å². The fraction of sp³-hybridized carbons (Fsp3) is 0.857. The minimum absolute atomic E-state index is 0.262. The molecule has 1 aliphatic carbocycles. The van der Waals surface area contributed by atoms with Gasteiger partial charge in [0.05, 0.1) is 6.04 Å². The van der Waals surface area contributed by atoms with Crippen molar-refractivity contribution < 1.29 is 13.6 Å². The third-order valence-corrected chi connectivity index (χ3v) is 2.18. The van der Waals surface area contributed by atoms with Crippen LogP contribution >= 0.6 is 0 Å². The number of hydrogen-bond acceptors (Lipinski definition) is 2. The highest BCUT2D eigenvalue weighted by Gasteiger charge is 2.49. The molecule has 0 aromatic heterocycles. The molecule has 70 valence electrons. The van der Waals surface area contributed by atoms with Crippen molar-refractivity contribution in [3.05, 3.63) is 0 Å². The topological polar surface area (TPSA) is 55.1 Å². The Morgan fingerprint density at radius 1 is 1.67 bits per heavy atom. The van der Waals surface area contributed by atoms with E-state index in [0.29, 0.717) is 0 Å². The number of halogens is 2. The lowest BCUT2D eigenvalue weighted by Gasteiger charge is -2.37. The SMILES string of the molecule is CNC(=O)[C@H](N)C1CC(F)(F)C1. The largest absolute Gasteiger partial charge is 0.358 e. The lowest BCUT2D eigenvalue weighted by molar-refractivity contribution is -0.137. The first kappa shape index (κ1) is 9.38. The summed E-state index contributed by atoms with van der Waals surface area (Å²) in [5, 5.41) is 2.33. The van der Waals surface area contributed by atoms with Crippen LogP contribution in [0.4, 0.5) is 8.78 Å². The van der Waals surface area contributed by atoms with E-state index in [1.54, 1.807) is 0 Å². The normalized spacial score (nSPS) is 24.3. The summed E-state index contributed by atoms with van der Waals surface area (Å²) in [6.07, 6.45) is -0.525. The van der Waals surface area contributed by atoms with E-state index in [1.807, 2.05) is 0 Å². The van der Waals surface area contributed by atoms with Gasteiger partial charge in [0.1, 0.15) is 0 Å². The fourth-order valence-electron chi connectivity index (χ4n) is 1.34. The molecule has 1 aliphatic rings. The minimum atomic E-state index is -2.60. The number of nitrogens with one attached hydrogen (secondary N) is 1. The number of amides is 1. The van der Waals surface area contributed by atoms with Gasteiger partial charge in [0.15, 0.2) is 0 Å². The zero-order chi connectivity index (χ0) is 9.35. The van der Waals surface area contributed by atoms with Crippen LogP contribution in [0.3, 0.4) is 0 Å². The maximum absolute atomic E-state index is 12.3. The van der Waals surface area contributed by atoms with Crippen molar-refractivity contribution in [3.63, 3.8) is 0 Å². The van der Waals surface area contributed by atoms with Gasteiger partial charge in [-0.05, 0) is 5.92 Å². The molecule has 3 nitrogen and oxygen atoms in total. The number of rotatable bonds is 2. The van der Waals surface area contributed by atoms with Crippen molar-refractivity contribution in [2.45, 2.75) is 24.8 Å². The monoisotopic (exact) mass is 178 g/mol. The number of carbonyl (C=O) groups is 1. The van der Waals surface area contributed by atoms with E-state index in [1.165, 1.54) is 7.05 Å². The first-order chi connectivity index (χ1) is 5.46. The number of likely N-dealkylation sites (N-methyl/N-ethyl adjacent to an activating group) is 1. The highest BCUT2D eigenvalue weighted by molar-refractivity contribution is 5.81. The molecule has 0 saturated heterocycles. The molecule has 1 saturated carbocycles. The Morgan fingerprint density at radius 2 is 2.17 bits per heavy atom. The zero-order valence-electron chi connectivity index (χ0n) is 6.81. The van der Waals surface area contributed by atoms with Gasteiger partial charge in [0, 0.05) is 19.9 Å². The summed E-state index contributed by atoms with van der Waals surface area (Å²) in [5.74, 6) is -3.33. The van der Waals surface area contributed by atoms with Crippen LogP contribution in [0.25, 0.3) is 0 Å². The first-order valence-electron chi connectivity index (χ1n) is 3.81. The third kappa shape index (κ3) is 1.72. The fourth-order valence-corrected chi connectivity index (χ4v) is 1.34. The average Bonchev–Trinajstić information content (AvgIpc) is 1.97. The van der Waals surface area contributed by atoms with Crippen LogP contribution in [0.2, 0.25) is 0 Å². The standard InChI is InChI=1S/C7H12F2N2O/c1-11-6(12)5(10)4-2-7(8,9)3-4/h4-5H,2-3,10H2,1H3,(H,11,12)/t5-/m1/s1. The van der Waals surface area contributed by atoms with Crippen LogP contribution in [0.15, 0.2) is 0 Å². The van der Waals surface area contributed by atoms with E-state index in [4.69, 9.17) is 5.73 Å². The minimum Gasteiger partial charge on any atom is -0.358 e. The van der Waals surface area contributed by atoms with Crippen LogP contribution in [0.5, 0.6) is 0 Å². The van der Waals surface area contributed by atoms with Gasteiger partial charge in [0.2, 0.25) is 11.8 Å². The van der Waals surface area contributed by atoms with Crippen LogP contribution < -0.4 is 11.1 Å². The van der Waals surface area contributed by atoms with Crippen LogP contribution in [-0.2, 0) is 4.79 Å². The van der Waals surface area contributed by atoms with Crippen molar-refractivity contribution >= 4 is 5.91 Å². The van der Waals surface area contributed by atoms with Gasteiger partial charge < -0.3 is 11.1 Å². The van der Waals surface area contributed by atoms with Gasteiger partial charge in [-0.25, -0.2) is 8.78 Å². The molecule has 0 aromatic rings. The van der Waals surface area contributed by atoms with Gasteiger partial charge in [-0.3, -0.25) is 4.79 Å². The molecule has 1 fully saturated rings. The predicted molar refractivity (Wildman–Crippen MR) is 39.7 cm³/mol. The van der Waals surface area contributed by atoms with E-state index in [2.05, 4.69) is 5.32 Å². The second-order valence-corrected chi connectivity index (χ2v) is 3.16. The van der Waals surface area contributed by atoms with Crippen LogP contribution in [-0.4, -0.2) is 24.9 Å². The molecular weight excluding hydrogens is 166 g/mol. The van der Waals surface area contributed by atoms with Crippen LogP contribution in [0, 0.1) is 5.92 Å². The Bertz CT molecular complexity index is 188. The van der Waals surface area contributed by atoms with Crippen molar-refractivity contribution in [3.8, 4) is 0 Å². The van der Waals surface area contributed by atoms with E-state index < -0.39 is 12.0 Å². The predicted octanol–water partition coefficient (Wildman–Crippen LogP) is 0.105. The molecular formula is C7H12F2N2O. The maximum atomic E-state index is 12.3. The van der Waals surface area contributed by atoms with Gasteiger partial charge in [-0.2, -0.15) is 0 Å². The molecule has 0 spiro atoms. The molecule has 0 heterocycles. The molecule has 0 aromatic carbocycles. The van der Waals surface area contributed by atoms with Crippen LogP contribution in [0.1, 0.15) is 12.8 Å². The number of carbonyl (C=O) groups excluding carboxylic acids is 1. The Labute approximate surface area is 69.3 Å². The second kappa shape index (κ2) is 2.97. The molecule has 1 rings (SSSR count).